The molecular weight excluding hydrogens is 422 g/mol. The first-order valence-corrected chi connectivity index (χ1v) is 12.0. The van der Waals surface area contributed by atoms with Crippen LogP contribution >= 0.6 is 0 Å². The number of rotatable bonds is 7. The summed E-state index contributed by atoms with van der Waals surface area (Å²) in [4.78, 5) is 30.2. The fraction of sp³-hybridized carbons (Fsp3) is 0.241. The number of aromatic nitrogens is 1. The van der Waals surface area contributed by atoms with E-state index in [0.717, 1.165) is 47.0 Å². The summed E-state index contributed by atoms with van der Waals surface area (Å²) in [6.45, 7) is 2.09. The van der Waals surface area contributed by atoms with E-state index in [1.54, 1.807) is 6.20 Å². The summed E-state index contributed by atoms with van der Waals surface area (Å²) in [6, 6.07) is 24.1. The van der Waals surface area contributed by atoms with Crippen molar-refractivity contribution < 1.29 is 9.59 Å². The lowest BCUT2D eigenvalue weighted by Crippen LogP contribution is -2.34. The van der Waals surface area contributed by atoms with Gasteiger partial charge in [-0.05, 0) is 48.6 Å². The second kappa shape index (κ2) is 9.96. The lowest BCUT2D eigenvalue weighted by atomic mass is 9.95. The van der Waals surface area contributed by atoms with Gasteiger partial charge in [0.1, 0.15) is 0 Å². The van der Waals surface area contributed by atoms with Crippen LogP contribution in [0.4, 0.5) is 5.69 Å². The highest BCUT2D eigenvalue weighted by Gasteiger charge is 2.23. The van der Waals surface area contributed by atoms with Gasteiger partial charge in [-0.2, -0.15) is 0 Å². The lowest BCUT2D eigenvalue weighted by Gasteiger charge is -2.33. The van der Waals surface area contributed by atoms with Gasteiger partial charge >= 0.3 is 0 Å². The van der Waals surface area contributed by atoms with E-state index in [0.29, 0.717) is 5.56 Å². The Bertz CT molecular complexity index is 1290. The average Bonchev–Trinajstić information content (AvgIpc) is 3.31. The van der Waals surface area contributed by atoms with Gasteiger partial charge in [-0.25, -0.2) is 0 Å². The smallest absolute Gasteiger partial charge is 0.225 e. The molecule has 1 fully saturated rings. The second-order valence-corrected chi connectivity index (χ2v) is 8.94. The number of H-pyrrole nitrogens is 1. The molecule has 1 aliphatic rings. The first-order chi connectivity index (χ1) is 16.7. The first-order valence-electron chi connectivity index (χ1n) is 12.0. The van der Waals surface area contributed by atoms with Crippen molar-refractivity contribution in [3.8, 4) is 0 Å². The van der Waals surface area contributed by atoms with Gasteiger partial charge < -0.3 is 15.2 Å². The SMILES string of the molecule is O=Cc1c[nH]c2ccc(CC(=O)NC(c3ccccc3)c3ccccc3N3CCCCC3)cc12. The van der Waals surface area contributed by atoms with E-state index >= 15 is 0 Å². The molecule has 3 aromatic carbocycles. The fourth-order valence-corrected chi connectivity index (χ4v) is 4.93. The maximum absolute atomic E-state index is 13.3. The van der Waals surface area contributed by atoms with Crippen molar-refractivity contribution in [3.63, 3.8) is 0 Å². The van der Waals surface area contributed by atoms with Gasteiger partial charge in [0.2, 0.25) is 5.91 Å². The Kier molecular flexibility index (Phi) is 6.43. The average molecular weight is 452 g/mol. The summed E-state index contributed by atoms with van der Waals surface area (Å²) in [7, 11) is 0. The molecule has 0 saturated carbocycles. The maximum atomic E-state index is 13.3. The predicted molar refractivity (Wildman–Crippen MR) is 136 cm³/mol. The van der Waals surface area contributed by atoms with Crippen molar-refractivity contribution in [2.24, 2.45) is 0 Å². The van der Waals surface area contributed by atoms with Crippen molar-refractivity contribution in [2.75, 3.05) is 18.0 Å². The lowest BCUT2D eigenvalue weighted by molar-refractivity contribution is -0.120. The molecule has 4 aromatic rings. The molecular formula is C29H29N3O2. The number of amides is 1. The van der Waals surface area contributed by atoms with Crippen molar-refractivity contribution in [1.82, 2.24) is 10.3 Å². The topological polar surface area (TPSA) is 65.2 Å². The number of para-hydroxylation sites is 1. The summed E-state index contributed by atoms with van der Waals surface area (Å²) >= 11 is 0. The van der Waals surface area contributed by atoms with E-state index < -0.39 is 0 Å². The summed E-state index contributed by atoms with van der Waals surface area (Å²) in [5.41, 5.74) is 5.75. The van der Waals surface area contributed by atoms with Crippen LogP contribution in [0.5, 0.6) is 0 Å². The zero-order valence-electron chi connectivity index (χ0n) is 19.2. The van der Waals surface area contributed by atoms with E-state index in [9.17, 15) is 9.59 Å². The van der Waals surface area contributed by atoms with Crippen LogP contribution in [-0.2, 0) is 11.2 Å². The summed E-state index contributed by atoms with van der Waals surface area (Å²) < 4.78 is 0. The predicted octanol–water partition coefficient (Wildman–Crippen LogP) is 5.42. The number of nitrogens with zero attached hydrogens (tertiary/aromatic N) is 1. The van der Waals surface area contributed by atoms with Crippen LogP contribution < -0.4 is 10.2 Å². The summed E-state index contributed by atoms with van der Waals surface area (Å²) in [5.74, 6) is -0.0511. The third kappa shape index (κ3) is 4.60. The number of aromatic amines is 1. The Labute approximate surface area is 199 Å². The Balaban J connectivity index is 1.44. The van der Waals surface area contributed by atoms with Gasteiger partial charge in [-0.3, -0.25) is 9.59 Å². The van der Waals surface area contributed by atoms with E-state index in [1.807, 2.05) is 42.5 Å². The van der Waals surface area contributed by atoms with Crippen LogP contribution in [0.15, 0.2) is 79.0 Å². The van der Waals surface area contributed by atoms with Crippen molar-refractivity contribution in [3.05, 3.63) is 101 Å². The number of fused-ring (bicyclic) bond motifs is 1. The van der Waals surface area contributed by atoms with Gasteiger partial charge in [0.05, 0.1) is 12.5 Å². The van der Waals surface area contributed by atoms with Gasteiger partial charge in [0.25, 0.3) is 0 Å². The second-order valence-electron chi connectivity index (χ2n) is 8.94. The summed E-state index contributed by atoms with van der Waals surface area (Å²) in [5, 5.41) is 4.15. The molecule has 5 nitrogen and oxygen atoms in total. The van der Waals surface area contributed by atoms with Gasteiger partial charge in [0.15, 0.2) is 6.29 Å². The molecule has 0 aliphatic carbocycles. The van der Waals surface area contributed by atoms with Crippen LogP contribution in [0.25, 0.3) is 10.9 Å². The molecule has 0 spiro atoms. The molecule has 34 heavy (non-hydrogen) atoms. The normalized spacial score (nSPS) is 14.6. The molecule has 1 aromatic heterocycles. The van der Waals surface area contributed by atoms with Crippen LogP contribution in [0.2, 0.25) is 0 Å². The van der Waals surface area contributed by atoms with E-state index in [4.69, 9.17) is 0 Å². The van der Waals surface area contributed by atoms with Crippen LogP contribution in [0.3, 0.4) is 0 Å². The number of anilines is 1. The zero-order valence-corrected chi connectivity index (χ0v) is 19.2. The number of carbonyl (C=O) groups excluding carboxylic acids is 2. The molecule has 5 rings (SSSR count). The molecule has 2 N–H and O–H groups in total. The standard InChI is InChI=1S/C29H29N3O2/c33-20-23-19-30-26-14-13-21(17-25(23)26)18-28(34)31-29(22-9-3-1-4-10-22)24-11-5-6-12-27(24)32-15-7-2-8-16-32/h1,3-6,9-14,17,19-20,29-30H,2,7-8,15-16,18H2,(H,31,34). The molecule has 1 unspecified atom stereocenters. The van der Waals surface area contributed by atoms with Crippen LogP contribution in [-0.4, -0.2) is 30.3 Å². The Morgan fingerprint density at radius 1 is 0.971 bits per heavy atom. The minimum atomic E-state index is -0.242. The minimum Gasteiger partial charge on any atom is -0.371 e. The highest BCUT2D eigenvalue weighted by atomic mass is 16.1. The molecule has 0 bridgehead atoms. The monoisotopic (exact) mass is 451 g/mol. The third-order valence-corrected chi connectivity index (χ3v) is 6.65. The number of benzene rings is 3. The Hall–Kier alpha value is -3.86. The first kappa shape index (κ1) is 22.0. The van der Waals surface area contributed by atoms with E-state index in [2.05, 4.69) is 45.5 Å². The highest BCUT2D eigenvalue weighted by molar-refractivity contribution is 5.97. The highest BCUT2D eigenvalue weighted by Crippen LogP contribution is 2.32. The van der Waals surface area contributed by atoms with Gasteiger partial charge in [-0.15, -0.1) is 0 Å². The number of nitrogens with one attached hydrogen (secondary N) is 2. The van der Waals surface area contributed by atoms with Gasteiger partial charge in [-0.1, -0.05) is 54.6 Å². The van der Waals surface area contributed by atoms with Crippen molar-refractivity contribution in [1.29, 1.82) is 0 Å². The summed E-state index contributed by atoms with van der Waals surface area (Å²) in [6.07, 6.45) is 6.45. The van der Waals surface area contributed by atoms with E-state index in [1.165, 1.54) is 24.9 Å². The van der Waals surface area contributed by atoms with Crippen molar-refractivity contribution in [2.45, 2.75) is 31.7 Å². The molecule has 1 atom stereocenters. The fourth-order valence-electron chi connectivity index (χ4n) is 4.93. The maximum Gasteiger partial charge on any atom is 0.225 e. The number of hydrogen-bond donors (Lipinski definition) is 2. The quantitative estimate of drug-likeness (QED) is 0.369. The largest absolute Gasteiger partial charge is 0.371 e. The number of aldehydes is 1. The molecule has 1 aliphatic heterocycles. The molecule has 172 valence electrons. The number of carbonyl (C=O) groups is 2. The Morgan fingerprint density at radius 2 is 1.74 bits per heavy atom. The number of piperidine rings is 1. The van der Waals surface area contributed by atoms with Crippen molar-refractivity contribution >= 4 is 28.8 Å². The Morgan fingerprint density at radius 3 is 2.53 bits per heavy atom. The molecule has 1 saturated heterocycles. The van der Waals surface area contributed by atoms with Crippen LogP contribution in [0.1, 0.15) is 52.4 Å². The molecule has 2 heterocycles. The zero-order chi connectivity index (χ0) is 23.3. The molecule has 0 radical (unpaired) electrons. The van der Waals surface area contributed by atoms with Crippen LogP contribution in [0, 0.1) is 0 Å². The third-order valence-electron chi connectivity index (χ3n) is 6.65. The molecule has 1 amide bonds. The number of hydrogen-bond acceptors (Lipinski definition) is 3. The van der Waals surface area contributed by atoms with Gasteiger partial charge in [0, 0.05) is 47.0 Å². The van der Waals surface area contributed by atoms with E-state index in [-0.39, 0.29) is 18.4 Å². The minimum absolute atomic E-state index is 0.0511. The molecule has 5 heteroatoms.